The number of nitrogens with one attached hydrogen (secondary N) is 1. The summed E-state index contributed by atoms with van der Waals surface area (Å²) in [5, 5.41) is 3.61. The van der Waals surface area contributed by atoms with Crippen molar-refractivity contribution in [1.29, 1.82) is 0 Å². The number of nitrogen functional groups attached to an aromatic ring is 1. The Morgan fingerprint density at radius 1 is 1.19 bits per heavy atom. The summed E-state index contributed by atoms with van der Waals surface area (Å²) in [6, 6.07) is 14.4. The number of hydrogen-bond acceptors (Lipinski definition) is 9. The summed E-state index contributed by atoms with van der Waals surface area (Å²) in [7, 11) is 0. The zero-order valence-electron chi connectivity index (χ0n) is 16.6. The lowest BCUT2D eigenvalue weighted by Gasteiger charge is -2.28. The lowest BCUT2D eigenvalue weighted by atomic mass is 10.2. The number of amides is 1. The number of anilines is 4. The molecule has 2 aromatic carbocycles. The number of rotatable bonds is 5. The van der Waals surface area contributed by atoms with Gasteiger partial charge in [0.2, 0.25) is 17.8 Å². The highest BCUT2D eigenvalue weighted by molar-refractivity contribution is 8.02. The maximum absolute atomic E-state index is 13.2. The van der Waals surface area contributed by atoms with Crippen molar-refractivity contribution >= 4 is 58.5 Å². The van der Waals surface area contributed by atoms with Crippen LogP contribution < -0.4 is 16.0 Å². The predicted molar refractivity (Wildman–Crippen MR) is 121 cm³/mol. The van der Waals surface area contributed by atoms with Crippen LogP contribution in [-0.2, 0) is 20.9 Å². The Balaban J connectivity index is 1.33. The number of esters is 1. The summed E-state index contributed by atoms with van der Waals surface area (Å²) < 4.78 is 5.56. The molecule has 9 nitrogen and oxygen atoms in total. The minimum absolute atomic E-state index is 0.0130. The van der Waals surface area contributed by atoms with Crippen LogP contribution in [-0.4, -0.2) is 31.7 Å². The summed E-state index contributed by atoms with van der Waals surface area (Å²) in [5.41, 5.74) is 7.25. The summed E-state index contributed by atoms with van der Waals surface area (Å²) in [4.78, 5) is 39.4. The number of carbonyl (C=O) groups excluding carboxylic acids is 2. The van der Waals surface area contributed by atoms with E-state index in [1.165, 1.54) is 11.8 Å². The van der Waals surface area contributed by atoms with E-state index in [1.807, 2.05) is 24.3 Å². The second-order valence-corrected chi connectivity index (χ2v) is 8.98. The summed E-state index contributed by atoms with van der Waals surface area (Å²) in [6.07, 6.45) is 0.650. The van der Waals surface area contributed by atoms with E-state index in [9.17, 15) is 9.59 Å². The number of benzene rings is 2. The number of ether oxygens (including phenoxy) is 1. The molecule has 3 aromatic rings. The molecular weight excluding hydrogens is 452 g/mol. The number of nitrogens with zero attached hydrogens (tertiary/aromatic N) is 4. The average molecular weight is 469 g/mol. The quantitative estimate of drug-likeness (QED) is 0.541. The molecule has 2 aliphatic rings. The van der Waals surface area contributed by atoms with E-state index in [4.69, 9.17) is 22.1 Å². The first-order valence-electron chi connectivity index (χ1n) is 9.76. The van der Waals surface area contributed by atoms with Gasteiger partial charge in [0.1, 0.15) is 0 Å². The Bertz CT molecular complexity index is 1220. The predicted octanol–water partition coefficient (Wildman–Crippen LogP) is 3.52. The number of hydrogen-bond donors (Lipinski definition) is 2. The molecule has 1 amide bonds. The molecular formula is C21H17ClN6O3S. The molecule has 3 heterocycles. The maximum Gasteiger partial charge on any atom is 0.343 e. The van der Waals surface area contributed by atoms with E-state index in [0.29, 0.717) is 17.1 Å². The first-order chi connectivity index (χ1) is 15.4. The highest BCUT2D eigenvalue weighted by atomic mass is 35.5. The van der Waals surface area contributed by atoms with Gasteiger partial charge in [0.25, 0.3) is 0 Å². The number of aromatic nitrogens is 3. The molecule has 32 heavy (non-hydrogen) atoms. The highest BCUT2D eigenvalue weighted by Crippen LogP contribution is 2.56. The van der Waals surface area contributed by atoms with Crippen molar-refractivity contribution in [2.24, 2.45) is 0 Å². The second kappa shape index (κ2) is 7.95. The van der Waals surface area contributed by atoms with E-state index in [2.05, 4.69) is 20.3 Å². The van der Waals surface area contributed by atoms with Crippen LogP contribution in [0.2, 0.25) is 5.02 Å². The molecule has 2 aliphatic heterocycles. The molecule has 1 saturated heterocycles. The van der Waals surface area contributed by atoms with Gasteiger partial charge in [-0.25, -0.2) is 4.79 Å². The Labute approximate surface area is 192 Å². The second-order valence-electron chi connectivity index (χ2n) is 7.22. The lowest BCUT2D eigenvalue weighted by Crippen LogP contribution is -2.47. The summed E-state index contributed by atoms with van der Waals surface area (Å²) in [5.74, 6) is -0.227. The van der Waals surface area contributed by atoms with Crippen LogP contribution >= 0.6 is 23.4 Å². The Hall–Kier alpha value is -3.37. The third-order valence-electron chi connectivity index (χ3n) is 5.12. The lowest BCUT2D eigenvalue weighted by molar-refractivity contribution is -0.148. The third kappa shape index (κ3) is 3.61. The van der Waals surface area contributed by atoms with Gasteiger partial charge in [0.15, 0.2) is 17.3 Å². The molecule has 1 fully saturated rings. The molecule has 0 spiro atoms. The average Bonchev–Trinajstić information content (AvgIpc) is 3.29. The zero-order valence-corrected chi connectivity index (χ0v) is 18.2. The van der Waals surface area contributed by atoms with Gasteiger partial charge in [-0.1, -0.05) is 35.5 Å². The highest BCUT2D eigenvalue weighted by Gasteiger charge is 2.58. The molecule has 5 rings (SSSR count). The Kier molecular flexibility index (Phi) is 5.10. The van der Waals surface area contributed by atoms with Crippen molar-refractivity contribution in [2.75, 3.05) is 16.0 Å². The van der Waals surface area contributed by atoms with Gasteiger partial charge < -0.3 is 15.8 Å². The molecule has 0 aliphatic carbocycles. The summed E-state index contributed by atoms with van der Waals surface area (Å²) in [6.45, 7) is -0.207. The van der Waals surface area contributed by atoms with Crippen LogP contribution in [0, 0.1) is 0 Å². The number of nitrogens with two attached hydrogens (primary N) is 1. The van der Waals surface area contributed by atoms with E-state index in [1.54, 1.807) is 29.2 Å². The molecule has 0 radical (unpaired) electrons. The van der Waals surface area contributed by atoms with Crippen molar-refractivity contribution < 1.29 is 14.3 Å². The largest absolute Gasteiger partial charge is 0.455 e. The van der Waals surface area contributed by atoms with Crippen LogP contribution in [0.15, 0.2) is 53.4 Å². The minimum atomic E-state index is -1.11. The Morgan fingerprint density at radius 2 is 1.97 bits per heavy atom. The van der Waals surface area contributed by atoms with E-state index < -0.39 is 10.8 Å². The van der Waals surface area contributed by atoms with Gasteiger partial charge in [-0.2, -0.15) is 15.0 Å². The van der Waals surface area contributed by atoms with Gasteiger partial charge in [0.05, 0.1) is 5.69 Å². The maximum atomic E-state index is 13.2. The van der Waals surface area contributed by atoms with Crippen LogP contribution in [0.3, 0.4) is 0 Å². The number of thioether (sulfide) groups is 1. The third-order valence-corrected chi connectivity index (χ3v) is 6.83. The fraction of sp³-hybridized carbons (Fsp3) is 0.190. The molecule has 3 N–H and O–H groups in total. The molecule has 162 valence electrons. The van der Waals surface area contributed by atoms with Crippen LogP contribution in [0.4, 0.5) is 23.3 Å². The van der Waals surface area contributed by atoms with Gasteiger partial charge in [-0.3, -0.25) is 9.69 Å². The minimum Gasteiger partial charge on any atom is -0.455 e. The fourth-order valence-electron chi connectivity index (χ4n) is 3.74. The van der Waals surface area contributed by atoms with Crippen molar-refractivity contribution in [1.82, 2.24) is 15.0 Å². The first-order valence-corrected chi connectivity index (χ1v) is 11.0. The number of halogens is 1. The van der Waals surface area contributed by atoms with Crippen LogP contribution in [0.5, 0.6) is 0 Å². The molecule has 0 bridgehead atoms. The molecule has 1 atom stereocenters. The van der Waals surface area contributed by atoms with E-state index >= 15 is 0 Å². The van der Waals surface area contributed by atoms with Crippen molar-refractivity contribution in [3.8, 4) is 0 Å². The van der Waals surface area contributed by atoms with Gasteiger partial charge in [0, 0.05) is 28.4 Å². The smallest absolute Gasteiger partial charge is 0.343 e. The first kappa shape index (κ1) is 20.5. The van der Waals surface area contributed by atoms with Crippen molar-refractivity contribution in [2.45, 2.75) is 29.2 Å². The van der Waals surface area contributed by atoms with Crippen LogP contribution in [0.25, 0.3) is 0 Å². The monoisotopic (exact) mass is 468 g/mol. The van der Waals surface area contributed by atoms with Crippen molar-refractivity contribution in [3.05, 3.63) is 59.4 Å². The molecule has 0 unspecified atom stereocenters. The SMILES string of the molecule is Nc1nc(COC(=O)[C@]23CCC(=O)N2c2ccccc2S3)nc(Nc2ccc(Cl)cc2)n1. The standard InChI is InChI=1S/C21H17ClN6O3S/c22-12-5-7-13(8-6-12)24-20-26-16(25-19(23)27-20)11-31-18(30)21-10-9-17(29)28(21)14-3-1-2-4-15(14)32-21/h1-8H,9-11H2,(H3,23,24,25,26,27)/t21-/m1/s1. The normalized spacial score (nSPS) is 18.9. The van der Waals surface area contributed by atoms with Gasteiger partial charge >= 0.3 is 5.97 Å². The fourth-order valence-corrected chi connectivity index (χ4v) is 5.27. The van der Waals surface area contributed by atoms with E-state index in [-0.39, 0.29) is 36.7 Å². The van der Waals surface area contributed by atoms with Crippen LogP contribution in [0.1, 0.15) is 18.7 Å². The van der Waals surface area contributed by atoms with E-state index in [0.717, 1.165) is 10.6 Å². The van der Waals surface area contributed by atoms with Gasteiger partial charge in [-0.15, -0.1) is 0 Å². The Morgan fingerprint density at radius 3 is 2.78 bits per heavy atom. The zero-order chi connectivity index (χ0) is 22.3. The number of fused-ring (bicyclic) bond motifs is 3. The molecule has 0 saturated carbocycles. The topological polar surface area (TPSA) is 123 Å². The molecule has 1 aromatic heterocycles. The number of carbonyl (C=O) groups is 2. The summed E-state index contributed by atoms with van der Waals surface area (Å²) >= 11 is 7.24. The van der Waals surface area contributed by atoms with Crippen molar-refractivity contribution in [3.63, 3.8) is 0 Å². The number of para-hydroxylation sites is 1. The molecule has 11 heteroatoms. The van der Waals surface area contributed by atoms with Gasteiger partial charge in [-0.05, 0) is 36.4 Å².